The van der Waals surface area contributed by atoms with E-state index in [4.69, 9.17) is 10.8 Å². The summed E-state index contributed by atoms with van der Waals surface area (Å²) in [6.45, 7) is 2.09. The predicted octanol–water partition coefficient (Wildman–Crippen LogP) is 2.54. The number of nitrogens with two attached hydrogens (primary N) is 1. The van der Waals surface area contributed by atoms with E-state index < -0.39 is 0 Å². The van der Waals surface area contributed by atoms with Crippen LogP contribution in [-0.4, -0.2) is 9.97 Å². The van der Waals surface area contributed by atoms with Crippen LogP contribution in [0.2, 0.25) is 0 Å². The van der Waals surface area contributed by atoms with Crippen LogP contribution in [0.5, 0.6) is 0 Å². The highest BCUT2D eigenvalue weighted by atomic mass is 15.3. The largest absolute Gasteiger partial charge is 0.308 e. The van der Waals surface area contributed by atoms with E-state index in [1.807, 2.05) is 0 Å². The number of fused-ring (bicyclic) bond motifs is 1. The van der Waals surface area contributed by atoms with Gasteiger partial charge in [-0.3, -0.25) is 0 Å². The van der Waals surface area contributed by atoms with E-state index in [2.05, 4.69) is 41.6 Å². The van der Waals surface area contributed by atoms with Crippen molar-refractivity contribution in [1.82, 2.24) is 9.97 Å². The first-order valence-corrected chi connectivity index (χ1v) is 7.17. The third kappa shape index (κ3) is 2.65. The van der Waals surface area contributed by atoms with Crippen LogP contribution in [0, 0.1) is 6.92 Å². The normalized spacial score (nSPS) is 13.9. The molecule has 0 fully saturated rings. The Kier molecular flexibility index (Phi) is 3.65. The molecule has 4 nitrogen and oxygen atoms in total. The number of hydrogen-bond acceptors (Lipinski definition) is 4. The zero-order valence-corrected chi connectivity index (χ0v) is 11.8. The average Bonchev–Trinajstić information content (AvgIpc) is 2.49. The highest BCUT2D eigenvalue weighted by Crippen LogP contribution is 2.25. The van der Waals surface area contributed by atoms with Crippen molar-refractivity contribution >= 4 is 5.82 Å². The molecule has 0 saturated heterocycles. The summed E-state index contributed by atoms with van der Waals surface area (Å²) >= 11 is 0. The fourth-order valence-corrected chi connectivity index (χ4v) is 2.73. The van der Waals surface area contributed by atoms with Gasteiger partial charge in [0.15, 0.2) is 0 Å². The summed E-state index contributed by atoms with van der Waals surface area (Å²) in [6, 6.07) is 8.51. The second-order valence-corrected chi connectivity index (χ2v) is 5.43. The van der Waals surface area contributed by atoms with Gasteiger partial charge in [-0.2, -0.15) is 0 Å². The SMILES string of the molecule is Cc1ccc(Cc2nc3c(c(NN)n2)CCCC3)cc1. The number of benzene rings is 1. The van der Waals surface area contributed by atoms with E-state index in [-0.39, 0.29) is 0 Å². The molecule has 1 heterocycles. The molecule has 0 bridgehead atoms. The van der Waals surface area contributed by atoms with Crippen molar-refractivity contribution in [2.75, 3.05) is 5.43 Å². The van der Waals surface area contributed by atoms with Gasteiger partial charge in [0.2, 0.25) is 0 Å². The molecule has 20 heavy (non-hydrogen) atoms. The maximum atomic E-state index is 5.62. The molecule has 1 aromatic carbocycles. The summed E-state index contributed by atoms with van der Waals surface area (Å²) in [5, 5.41) is 0. The molecule has 0 aliphatic heterocycles. The van der Waals surface area contributed by atoms with Crippen LogP contribution in [-0.2, 0) is 19.3 Å². The van der Waals surface area contributed by atoms with Crippen molar-refractivity contribution in [1.29, 1.82) is 0 Å². The Bertz CT molecular complexity index is 587. The fraction of sp³-hybridized carbons (Fsp3) is 0.375. The number of aromatic nitrogens is 2. The summed E-state index contributed by atoms with van der Waals surface area (Å²) < 4.78 is 0. The molecule has 1 aliphatic carbocycles. The van der Waals surface area contributed by atoms with Crippen molar-refractivity contribution in [3.63, 3.8) is 0 Å². The molecule has 0 amide bonds. The molecule has 4 heteroatoms. The molecular formula is C16H20N4. The summed E-state index contributed by atoms with van der Waals surface area (Å²) in [5.74, 6) is 7.27. The minimum Gasteiger partial charge on any atom is -0.308 e. The minimum atomic E-state index is 0.752. The topological polar surface area (TPSA) is 63.8 Å². The first kappa shape index (κ1) is 13.1. The molecular weight excluding hydrogens is 248 g/mol. The molecule has 0 spiro atoms. The van der Waals surface area contributed by atoms with Crippen LogP contribution in [0.25, 0.3) is 0 Å². The van der Waals surface area contributed by atoms with Gasteiger partial charge < -0.3 is 5.43 Å². The lowest BCUT2D eigenvalue weighted by molar-refractivity contribution is 0.657. The van der Waals surface area contributed by atoms with Crippen molar-refractivity contribution in [2.45, 2.75) is 39.0 Å². The van der Waals surface area contributed by atoms with Crippen molar-refractivity contribution in [3.8, 4) is 0 Å². The number of nitrogen functional groups attached to an aromatic ring is 1. The summed E-state index contributed by atoms with van der Waals surface area (Å²) in [7, 11) is 0. The zero-order valence-electron chi connectivity index (χ0n) is 11.8. The van der Waals surface area contributed by atoms with E-state index in [0.29, 0.717) is 0 Å². The van der Waals surface area contributed by atoms with E-state index in [1.54, 1.807) is 0 Å². The predicted molar refractivity (Wildman–Crippen MR) is 80.5 cm³/mol. The Hall–Kier alpha value is -1.94. The van der Waals surface area contributed by atoms with Crippen LogP contribution in [0.1, 0.15) is 41.1 Å². The number of nitrogens with one attached hydrogen (secondary N) is 1. The van der Waals surface area contributed by atoms with Crippen LogP contribution in [0.3, 0.4) is 0 Å². The summed E-state index contributed by atoms with van der Waals surface area (Å²) in [4.78, 5) is 9.31. The van der Waals surface area contributed by atoms with Gasteiger partial charge in [-0.25, -0.2) is 15.8 Å². The molecule has 0 radical (unpaired) electrons. The fourth-order valence-electron chi connectivity index (χ4n) is 2.73. The first-order chi connectivity index (χ1) is 9.76. The van der Waals surface area contributed by atoms with Crippen LogP contribution >= 0.6 is 0 Å². The van der Waals surface area contributed by atoms with Crippen molar-refractivity contribution in [2.24, 2.45) is 5.84 Å². The molecule has 1 aromatic heterocycles. The van der Waals surface area contributed by atoms with Gasteiger partial charge in [0.25, 0.3) is 0 Å². The molecule has 0 unspecified atom stereocenters. The van der Waals surface area contributed by atoms with E-state index in [9.17, 15) is 0 Å². The zero-order chi connectivity index (χ0) is 13.9. The van der Waals surface area contributed by atoms with E-state index >= 15 is 0 Å². The molecule has 3 N–H and O–H groups in total. The Morgan fingerprint density at radius 1 is 1.10 bits per heavy atom. The summed E-state index contributed by atoms with van der Waals surface area (Å²) in [6.07, 6.45) is 5.22. The molecule has 104 valence electrons. The highest BCUT2D eigenvalue weighted by Gasteiger charge is 2.17. The highest BCUT2D eigenvalue weighted by molar-refractivity contribution is 5.47. The molecule has 0 atom stereocenters. The molecule has 0 saturated carbocycles. The van der Waals surface area contributed by atoms with Gasteiger partial charge in [-0.1, -0.05) is 29.8 Å². The maximum Gasteiger partial charge on any atom is 0.147 e. The lowest BCUT2D eigenvalue weighted by Crippen LogP contribution is -2.18. The second-order valence-electron chi connectivity index (χ2n) is 5.43. The number of aryl methyl sites for hydroxylation is 2. The monoisotopic (exact) mass is 268 g/mol. The van der Waals surface area contributed by atoms with Crippen LogP contribution in [0.15, 0.2) is 24.3 Å². The van der Waals surface area contributed by atoms with Gasteiger partial charge in [-0.05, 0) is 38.2 Å². The molecule has 2 aromatic rings. The minimum absolute atomic E-state index is 0.752. The van der Waals surface area contributed by atoms with Gasteiger partial charge in [0.05, 0.1) is 0 Å². The first-order valence-electron chi connectivity index (χ1n) is 7.17. The maximum absolute atomic E-state index is 5.62. The second kappa shape index (κ2) is 5.59. The average molecular weight is 268 g/mol. The lowest BCUT2D eigenvalue weighted by Gasteiger charge is -2.18. The Morgan fingerprint density at radius 2 is 1.85 bits per heavy atom. The standard InChI is InChI=1S/C16H20N4/c1-11-6-8-12(9-7-11)10-15-18-14-5-3-2-4-13(14)16(19-15)20-17/h6-9H,2-5,10,17H2,1H3,(H,18,19,20). The smallest absolute Gasteiger partial charge is 0.147 e. The van der Waals surface area contributed by atoms with Gasteiger partial charge in [0.1, 0.15) is 11.6 Å². The van der Waals surface area contributed by atoms with Crippen molar-refractivity contribution < 1.29 is 0 Å². The molecule has 1 aliphatic rings. The van der Waals surface area contributed by atoms with Crippen LogP contribution < -0.4 is 11.3 Å². The Labute approximate surface area is 119 Å². The number of nitrogens with zero attached hydrogens (tertiary/aromatic N) is 2. The number of anilines is 1. The number of hydrogen-bond donors (Lipinski definition) is 2. The van der Waals surface area contributed by atoms with Gasteiger partial charge >= 0.3 is 0 Å². The third-order valence-corrected chi connectivity index (χ3v) is 3.85. The Balaban J connectivity index is 1.91. The van der Waals surface area contributed by atoms with Crippen molar-refractivity contribution in [3.05, 3.63) is 52.5 Å². The van der Waals surface area contributed by atoms with E-state index in [0.717, 1.165) is 30.9 Å². The van der Waals surface area contributed by atoms with Gasteiger partial charge in [0, 0.05) is 17.7 Å². The van der Waals surface area contributed by atoms with Crippen LogP contribution in [0.4, 0.5) is 5.82 Å². The quantitative estimate of drug-likeness (QED) is 0.663. The lowest BCUT2D eigenvalue weighted by atomic mass is 9.96. The summed E-state index contributed by atoms with van der Waals surface area (Å²) in [5.41, 5.74) is 7.61. The Morgan fingerprint density at radius 3 is 2.60 bits per heavy atom. The van der Waals surface area contributed by atoms with E-state index in [1.165, 1.54) is 35.2 Å². The molecule has 3 rings (SSSR count). The number of rotatable bonds is 3. The van der Waals surface area contributed by atoms with Gasteiger partial charge in [-0.15, -0.1) is 0 Å². The third-order valence-electron chi connectivity index (χ3n) is 3.85. The number of hydrazine groups is 1.